The number of aryl methyl sites for hydroxylation is 1. The third-order valence-electron chi connectivity index (χ3n) is 6.83. The van der Waals surface area contributed by atoms with Crippen LogP contribution in [0, 0.1) is 0 Å². The summed E-state index contributed by atoms with van der Waals surface area (Å²) in [5.41, 5.74) is 3.00. The van der Waals surface area contributed by atoms with Gasteiger partial charge in [-0.15, -0.1) is 0 Å². The fourth-order valence-electron chi connectivity index (χ4n) is 4.37. The van der Waals surface area contributed by atoms with Crippen molar-refractivity contribution in [2.45, 2.75) is 124 Å². The van der Waals surface area contributed by atoms with Crippen LogP contribution < -0.4 is 4.48 Å². The Morgan fingerprint density at radius 3 is 1.48 bits per heavy atom. The Balaban J connectivity index is 2.17. The molecule has 1 aromatic rings. The van der Waals surface area contributed by atoms with Gasteiger partial charge in [0.2, 0.25) is 0 Å². The minimum absolute atomic E-state index is 1.09. The van der Waals surface area contributed by atoms with Crippen LogP contribution in [0.25, 0.3) is 0 Å². The second-order valence-electron chi connectivity index (χ2n) is 9.45. The summed E-state index contributed by atoms with van der Waals surface area (Å²) in [5.74, 6) is 0. The lowest BCUT2D eigenvalue weighted by atomic mass is 10.0. The summed E-state index contributed by atoms with van der Waals surface area (Å²) < 4.78 is 1.09. The van der Waals surface area contributed by atoms with E-state index in [1.165, 1.54) is 127 Å². The van der Waals surface area contributed by atoms with Crippen LogP contribution in [0.2, 0.25) is 0 Å². The van der Waals surface area contributed by atoms with E-state index in [0.29, 0.717) is 0 Å². The van der Waals surface area contributed by atoms with E-state index in [9.17, 15) is 0 Å². The van der Waals surface area contributed by atoms with Gasteiger partial charge < -0.3 is 0 Å². The zero-order valence-electron chi connectivity index (χ0n) is 20.5. The van der Waals surface area contributed by atoms with Crippen molar-refractivity contribution in [3.8, 4) is 0 Å². The van der Waals surface area contributed by atoms with Gasteiger partial charge in [-0.2, -0.15) is 0 Å². The standard InChI is InChI=1S/C28H52N/c1-5-8-10-11-12-13-14-15-16-17-18-20-26-29(4,7-3)28-24-22-27(23-25-28)21-19-9-6-2/h22-25H,5-21,26H2,1-4H3/q+1. The van der Waals surface area contributed by atoms with Gasteiger partial charge in [0.25, 0.3) is 0 Å². The average molecular weight is 403 g/mol. The van der Waals surface area contributed by atoms with Crippen molar-refractivity contribution in [3.63, 3.8) is 0 Å². The Bertz CT molecular complexity index is 478. The van der Waals surface area contributed by atoms with Crippen molar-refractivity contribution >= 4 is 5.69 Å². The van der Waals surface area contributed by atoms with Crippen LogP contribution in [0.15, 0.2) is 24.3 Å². The van der Waals surface area contributed by atoms with E-state index in [4.69, 9.17) is 0 Å². The smallest absolute Gasteiger partial charge is 0.132 e. The monoisotopic (exact) mass is 402 g/mol. The highest BCUT2D eigenvalue weighted by Gasteiger charge is 2.21. The topological polar surface area (TPSA) is 0 Å². The summed E-state index contributed by atoms with van der Waals surface area (Å²) in [6.07, 6.45) is 22.4. The first-order chi connectivity index (χ1) is 14.2. The van der Waals surface area contributed by atoms with E-state index in [2.05, 4.69) is 52.1 Å². The molecule has 1 nitrogen and oxygen atoms in total. The quantitative estimate of drug-likeness (QED) is 0.160. The molecular formula is C28H52N+. The number of hydrogen-bond acceptors (Lipinski definition) is 0. The summed E-state index contributed by atoms with van der Waals surface area (Å²) in [5, 5.41) is 0. The maximum atomic E-state index is 2.42. The van der Waals surface area contributed by atoms with Crippen molar-refractivity contribution < 1.29 is 0 Å². The fraction of sp³-hybridized carbons (Fsp3) is 0.786. The molecule has 0 bridgehead atoms. The molecule has 1 rings (SSSR count). The molecule has 1 atom stereocenters. The molecule has 0 aliphatic rings. The largest absolute Gasteiger partial charge is 0.294 e. The first-order valence-electron chi connectivity index (χ1n) is 13.1. The number of rotatable bonds is 19. The Morgan fingerprint density at radius 1 is 0.552 bits per heavy atom. The molecule has 0 N–H and O–H groups in total. The lowest BCUT2D eigenvalue weighted by Crippen LogP contribution is -2.45. The number of nitrogens with zero attached hydrogens (tertiary/aromatic N) is 1. The molecule has 0 fully saturated rings. The van der Waals surface area contributed by atoms with Crippen LogP contribution in [-0.4, -0.2) is 20.1 Å². The molecule has 168 valence electrons. The summed E-state index contributed by atoms with van der Waals surface area (Å²) >= 11 is 0. The second-order valence-corrected chi connectivity index (χ2v) is 9.45. The van der Waals surface area contributed by atoms with Crippen LogP contribution in [-0.2, 0) is 6.42 Å². The van der Waals surface area contributed by atoms with Crippen molar-refractivity contribution in [2.24, 2.45) is 0 Å². The van der Waals surface area contributed by atoms with Gasteiger partial charge in [-0.05, 0) is 50.3 Å². The van der Waals surface area contributed by atoms with Crippen molar-refractivity contribution in [2.75, 3.05) is 20.1 Å². The van der Waals surface area contributed by atoms with Gasteiger partial charge in [-0.3, -0.25) is 4.48 Å². The SMILES string of the molecule is CCCCCCCCCCCCCC[N+](C)(CC)c1ccc(CCCCC)cc1. The maximum Gasteiger partial charge on any atom is 0.132 e. The van der Waals surface area contributed by atoms with Gasteiger partial charge in [0.05, 0.1) is 20.1 Å². The highest BCUT2D eigenvalue weighted by atomic mass is 15.3. The highest BCUT2D eigenvalue weighted by molar-refractivity contribution is 5.43. The molecule has 0 spiro atoms. The summed E-state index contributed by atoms with van der Waals surface area (Å²) in [7, 11) is 2.42. The van der Waals surface area contributed by atoms with Crippen LogP contribution in [0.4, 0.5) is 5.69 Å². The summed E-state index contributed by atoms with van der Waals surface area (Å²) in [4.78, 5) is 0. The molecule has 1 unspecified atom stereocenters. The number of hydrogen-bond donors (Lipinski definition) is 0. The van der Waals surface area contributed by atoms with E-state index in [-0.39, 0.29) is 0 Å². The van der Waals surface area contributed by atoms with Gasteiger partial charge in [0.15, 0.2) is 0 Å². The minimum Gasteiger partial charge on any atom is -0.294 e. The number of quaternary nitrogens is 1. The Kier molecular flexibility index (Phi) is 15.3. The lowest BCUT2D eigenvalue weighted by Gasteiger charge is -2.33. The van der Waals surface area contributed by atoms with Crippen molar-refractivity contribution in [1.82, 2.24) is 4.48 Å². The number of unbranched alkanes of at least 4 members (excludes halogenated alkanes) is 13. The molecule has 29 heavy (non-hydrogen) atoms. The predicted molar refractivity (Wildman–Crippen MR) is 134 cm³/mol. The van der Waals surface area contributed by atoms with Crippen molar-refractivity contribution in [3.05, 3.63) is 29.8 Å². The fourth-order valence-corrected chi connectivity index (χ4v) is 4.37. The van der Waals surface area contributed by atoms with Gasteiger partial charge >= 0.3 is 0 Å². The summed E-state index contributed by atoms with van der Waals surface area (Å²) in [6, 6.07) is 9.54. The van der Waals surface area contributed by atoms with Gasteiger partial charge in [-0.1, -0.05) is 103 Å². The predicted octanol–water partition coefficient (Wildman–Crippen LogP) is 9.08. The van der Waals surface area contributed by atoms with Crippen LogP contribution >= 0.6 is 0 Å². The average Bonchev–Trinajstić information content (AvgIpc) is 2.75. The van der Waals surface area contributed by atoms with Crippen LogP contribution in [0.1, 0.15) is 123 Å². The van der Waals surface area contributed by atoms with E-state index >= 15 is 0 Å². The molecule has 0 saturated heterocycles. The van der Waals surface area contributed by atoms with Crippen molar-refractivity contribution in [1.29, 1.82) is 0 Å². The molecule has 0 radical (unpaired) electrons. The van der Waals surface area contributed by atoms with E-state index in [1.807, 2.05) is 0 Å². The Hall–Kier alpha value is -0.820. The molecule has 0 aliphatic heterocycles. The zero-order chi connectivity index (χ0) is 21.2. The third-order valence-corrected chi connectivity index (χ3v) is 6.83. The molecular weight excluding hydrogens is 350 g/mol. The Morgan fingerprint density at radius 2 is 1.00 bits per heavy atom. The first-order valence-corrected chi connectivity index (χ1v) is 13.1. The minimum atomic E-state index is 1.09. The first kappa shape index (κ1) is 26.2. The molecule has 0 heterocycles. The van der Waals surface area contributed by atoms with E-state index in [1.54, 1.807) is 0 Å². The van der Waals surface area contributed by atoms with Crippen LogP contribution in [0.5, 0.6) is 0 Å². The normalized spacial score (nSPS) is 13.5. The third kappa shape index (κ3) is 11.8. The summed E-state index contributed by atoms with van der Waals surface area (Å²) in [6.45, 7) is 9.39. The van der Waals surface area contributed by atoms with Gasteiger partial charge in [0.1, 0.15) is 5.69 Å². The van der Waals surface area contributed by atoms with E-state index < -0.39 is 0 Å². The zero-order valence-corrected chi connectivity index (χ0v) is 20.5. The van der Waals surface area contributed by atoms with E-state index in [0.717, 1.165) is 4.48 Å². The number of benzene rings is 1. The van der Waals surface area contributed by atoms with Crippen LogP contribution in [0.3, 0.4) is 0 Å². The molecule has 0 aliphatic carbocycles. The lowest BCUT2D eigenvalue weighted by molar-refractivity contribution is 0.334. The molecule has 1 aromatic carbocycles. The molecule has 1 heteroatoms. The second kappa shape index (κ2) is 16.9. The molecule has 0 aromatic heterocycles. The molecule has 0 amide bonds. The molecule has 0 saturated carbocycles. The van der Waals surface area contributed by atoms with Gasteiger partial charge in [-0.25, -0.2) is 0 Å². The maximum absolute atomic E-state index is 2.42. The van der Waals surface area contributed by atoms with Gasteiger partial charge in [0, 0.05) is 0 Å². The Labute approximate surface area is 183 Å². The highest BCUT2D eigenvalue weighted by Crippen LogP contribution is 2.23.